The minimum absolute atomic E-state index is 0.904. The highest BCUT2D eigenvalue weighted by Crippen LogP contribution is 2.38. The van der Waals surface area contributed by atoms with Crippen LogP contribution in [0.3, 0.4) is 0 Å². The third-order valence-electron chi connectivity index (χ3n) is 2.36. The maximum Gasteiger partial charge on any atom is 0.00598 e. The monoisotopic (exact) mass is 204 g/mol. The maximum absolute atomic E-state index is 3.52. The summed E-state index contributed by atoms with van der Waals surface area (Å²) in [4.78, 5) is 0. The summed E-state index contributed by atoms with van der Waals surface area (Å²) < 4.78 is 0. The molecule has 1 saturated carbocycles. The molecule has 0 aromatic heterocycles. The van der Waals surface area contributed by atoms with Crippen LogP contribution in [-0.2, 0) is 0 Å². The Morgan fingerprint density at radius 1 is 1.30 bits per heavy atom. The summed E-state index contributed by atoms with van der Waals surface area (Å²) in [5, 5.41) is 1.22. The quantitative estimate of drug-likeness (QED) is 0.619. The summed E-state index contributed by atoms with van der Waals surface area (Å²) in [5.41, 5.74) is 0. The minimum atomic E-state index is 0.904. The fraction of sp³-hybridized carbons (Fsp3) is 1.00. The predicted octanol–water partition coefficient (Wildman–Crippen LogP) is 3.45. The van der Waals surface area contributed by atoms with Crippen LogP contribution in [-0.4, -0.2) is 5.33 Å². The second kappa shape index (κ2) is 3.75. The average Bonchev–Trinajstić information content (AvgIpc) is 1.76. The molecule has 0 heterocycles. The highest BCUT2D eigenvalue weighted by molar-refractivity contribution is 9.09. The van der Waals surface area contributed by atoms with Gasteiger partial charge in [0.25, 0.3) is 0 Å². The molecule has 1 aliphatic rings. The van der Waals surface area contributed by atoms with Crippen molar-refractivity contribution in [3.8, 4) is 0 Å². The SMILES string of the molecule is CC(C)CC1CC(CBr)C1. The third-order valence-corrected chi connectivity index (χ3v) is 3.27. The molecule has 0 radical (unpaired) electrons. The molecule has 0 aromatic carbocycles. The Morgan fingerprint density at radius 3 is 2.30 bits per heavy atom. The number of hydrogen-bond acceptors (Lipinski definition) is 0. The van der Waals surface area contributed by atoms with Crippen LogP contribution in [0.1, 0.15) is 33.1 Å². The first-order valence-electron chi connectivity index (χ1n) is 4.28. The molecule has 0 aromatic rings. The molecule has 1 rings (SSSR count). The Kier molecular flexibility index (Phi) is 3.22. The molecule has 1 fully saturated rings. The molecule has 0 bridgehead atoms. The van der Waals surface area contributed by atoms with Crippen molar-refractivity contribution in [2.24, 2.45) is 17.8 Å². The van der Waals surface area contributed by atoms with E-state index >= 15 is 0 Å². The van der Waals surface area contributed by atoms with Crippen LogP contribution in [0, 0.1) is 17.8 Å². The van der Waals surface area contributed by atoms with Gasteiger partial charge in [0.05, 0.1) is 0 Å². The highest BCUT2D eigenvalue weighted by Gasteiger charge is 2.27. The molecule has 1 aliphatic carbocycles. The summed E-state index contributed by atoms with van der Waals surface area (Å²) in [5.74, 6) is 2.97. The molecule has 10 heavy (non-hydrogen) atoms. The lowest BCUT2D eigenvalue weighted by molar-refractivity contribution is 0.186. The molecule has 0 amide bonds. The van der Waals surface area contributed by atoms with Gasteiger partial charge >= 0.3 is 0 Å². The van der Waals surface area contributed by atoms with E-state index in [1.807, 2.05) is 0 Å². The molecular formula is C9H17Br. The van der Waals surface area contributed by atoms with Crippen molar-refractivity contribution < 1.29 is 0 Å². The predicted molar refractivity (Wildman–Crippen MR) is 49.5 cm³/mol. The Morgan fingerprint density at radius 2 is 1.90 bits per heavy atom. The van der Waals surface area contributed by atoms with E-state index in [0.29, 0.717) is 0 Å². The fourth-order valence-corrected chi connectivity index (χ4v) is 2.39. The van der Waals surface area contributed by atoms with Gasteiger partial charge in [-0.15, -0.1) is 0 Å². The van der Waals surface area contributed by atoms with Gasteiger partial charge in [0.2, 0.25) is 0 Å². The molecular weight excluding hydrogens is 188 g/mol. The van der Waals surface area contributed by atoms with Crippen LogP contribution >= 0.6 is 15.9 Å². The van der Waals surface area contributed by atoms with E-state index in [0.717, 1.165) is 17.8 Å². The Bertz CT molecular complexity index is 92.9. The zero-order valence-corrected chi connectivity index (χ0v) is 8.52. The lowest BCUT2D eigenvalue weighted by Crippen LogP contribution is -2.25. The minimum Gasteiger partial charge on any atom is -0.0925 e. The van der Waals surface area contributed by atoms with Gasteiger partial charge < -0.3 is 0 Å². The lowest BCUT2D eigenvalue weighted by atomic mass is 9.72. The van der Waals surface area contributed by atoms with Crippen molar-refractivity contribution in [3.63, 3.8) is 0 Å². The third kappa shape index (κ3) is 2.26. The van der Waals surface area contributed by atoms with Crippen molar-refractivity contribution >= 4 is 15.9 Å². The number of rotatable bonds is 3. The summed E-state index contributed by atoms with van der Waals surface area (Å²) >= 11 is 3.52. The van der Waals surface area contributed by atoms with E-state index in [2.05, 4.69) is 29.8 Å². The Labute approximate surface area is 72.5 Å². The van der Waals surface area contributed by atoms with E-state index < -0.39 is 0 Å². The summed E-state index contributed by atoms with van der Waals surface area (Å²) in [7, 11) is 0. The molecule has 0 saturated heterocycles. The first-order valence-corrected chi connectivity index (χ1v) is 5.40. The molecule has 0 nitrogen and oxygen atoms in total. The van der Waals surface area contributed by atoms with Crippen molar-refractivity contribution in [2.45, 2.75) is 33.1 Å². The molecule has 0 aliphatic heterocycles. The summed E-state index contributed by atoms with van der Waals surface area (Å²) in [6.45, 7) is 4.64. The summed E-state index contributed by atoms with van der Waals surface area (Å²) in [6.07, 6.45) is 4.40. The second-order valence-electron chi connectivity index (χ2n) is 3.99. The first kappa shape index (κ1) is 8.58. The Hall–Kier alpha value is 0.480. The van der Waals surface area contributed by atoms with E-state index in [9.17, 15) is 0 Å². The molecule has 0 atom stereocenters. The molecule has 60 valence electrons. The van der Waals surface area contributed by atoms with Gasteiger partial charge in [0.15, 0.2) is 0 Å². The second-order valence-corrected chi connectivity index (χ2v) is 4.63. The maximum atomic E-state index is 3.52. The molecule has 0 spiro atoms. The number of hydrogen-bond donors (Lipinski definition) is 0. The van der Waals surface area contributed by atoms with Crippen LogP contribution in [0.15, 0.2) is 0 Å². The van der Waals surface area contributed by atoms with E-state index in [1.165, 1.54) is 24.6 Å². The average molecular weight is 205 g/mol. The van der Waals surface area contributed by atoms with Crippen LogP contribution in [0.2, 0.25) is 0 Å². The number of halogens is 1. The molecule has 0 unspecified atom stereocenters. The van der Waals surface area contributed by atoms with Crippen LogP contribution in [0.4, 0.5) is 0 Å². The van der Waals surface area contributed by atoms with E-state index in [4.69, 9.17) is 0 Å². The first-order chi connectivity index (χ1) is 4.72. The van der Waals surface area contributed by atoms with Crippen molar-refractivity contribution in [3.05, 3.63) is 0 Å². The van der Waals surface area contributed by atoms with Crippen LogP contribution in [0.5, 0.6) is 0 Å². The van der Waals surface area contributed by atoms with Crippen LogP contribution in [0.25, 0.3) is 0 Å². The topological polar surface area (TPSA) is 0 Å². The normalized spacial score (nSPS) is 32.4. The Balaban J connectivity index is 2.03. The largest absolute Gasteiger partial charge is 0.0925 e. The van der Waals surface area contributed by atoms with E-state index in [-0.39, 0.29) is 0 Å². The standard InChI is InChI=1S/C9H17Br/c1-7(2)3-8-4-9(5-8)6-10/h7-9H,3-6H2,1-2H3. The van der Waals surface area contributed by atoms with Gasteiger partial charge in [-0.3, -0.25) is 0 Å². The van der Waals surface area contributed by atoms with Gasteiger partial charge in [-0.05, 0) is 37.0 Å². The van der Waals surface area contributed by atoms with Crippen molar-refractivity contribution in [2.75, 3.05) is 5.33 Å². The van der Waals surface area contributed by atoms with Gasteiger partial charge in [-0.2, -0.15) is 0 Å². The number of alkyl halides is 1. The zero-order valence-electron chi connectivity index (χ0n) is 6.94. The smallest absolute Gasteiger partial charge is 0.00598 e. The van der Waals surface area contributed by atoms with Gasteiger partial charge in [-0.25, -0.2) is 0 Å². The van der Waals surface area contributed by atoms with Gasteiger partial charge in [0, 0.05) is 5.33 Å². The zero-order chi connectivity index (χ0) is 7.56. The van der Waals surface area contributed by atoms with Gasteiger partial charge in [0.1, 0.15) is 0 Å². The van der Waals surface area contributed by atoms with Crippen LogP contribution < -0.4 is 0 Å². The van der Waals surface area contributed by atoms with Crippen molar-refractivity contribution in [1.29, 1.82) is 0 Å². The van der Waals surface area contributed by atoms with Crippen molar-refractivity contribution in [1.82, 2.24) is 0 Å². The summed E-state index contributed by atoms with van der Waals surface area (Å²) in [6, 6.07) is 0. The van der Waals surface area contributed by atoms with Gasteiger partial charge in [-0.1, -0.05) is 29.8 Å². The lowest BCUT2D eigenvalue weighted by Gasteiger charge is -2.35. The fourth-order valence-electron chi connectivity index (χ4n) is 1.86. The molecule has 1 heteroatoms. The molecule has 0 N–H and O–H groups in total. The highest BCUT2D eigenvalue weighted by atomic mass is 79.9. The van der Waals surface area contributed by atoms with E-state index in [1.54, 1.807) is 0 Å².